The molecule has 4 bridgehead atoms. The highest BCUT2D eigenvalue weighted by molar-refractivity contribution is 7.80. The van der Waals surface area contributed by atoms with E-state index in [9.17, 15) is 4.79 Å². The number of carbonyl (C=O) groups is 1. The SMILES string of the molecule is C[C@@H](NC(=S)NC(=O)/C=C/c1cccs1)C12CC3CC(CC(C3)C1)C2. The number of hydrogen-bond donors (Lipinski definition) is 2. The van der Waals surface area contributed by atoms with Gasteiger partial charge in [0.25, 0.3) is 0 Å². The molecule has 2 N–H and O–H groups in total. The first-order valence-corrected chi connectivity index (χ1v) is 10.6. The van der Waals surface area contributed by atoms with Crippen LogP contribution >= 0.6 is 23.6 Å². The van der Waals surface area contributed by atoms with Crippen LogP contribution in [0.1, 0.15) is 50.3 Å². The second kappa shape index (κ2) is 6.84. The fourth-order valence-electron chi connectivity index (χ4n) is 5.79. The van der Waals surface area contributed by atoms with Crippen molar-refractivity contribution in [1.29, 1.82) is 0 Å². The molecule has 4 saturated carbocycles. The van der Waals surface area contributed by atoms with Crippen LogP contribution in [0.5, 0.6) is 0 Å². The molecule has 25 heavy (non-hydrogen) atoms. The lowest BCUT2D eigenvalue weighted by Crippen LogP contribution is -2.57. The Morgan fingerprint density at radius 2 is 1.92 bits per heavy atom. The van der Waals surface area contributed by atoms with Gasteiger partial charge < -0.3 is 5.32 Å². The lowest BCUT2D eigenvalue weighted by atomic mass is 9.48. The second-order valence-electron chi connectivity index (χ2n) is 8.31. The van der Waals surface area contributed by atoms with Gasteiger partial charge in [-0.05, 0) is 98.4 Å². The smallest absolute Gasteiger partial charge is 0.250 e. The van der Waals surface area contributed by atoms with Crippen LogP contribution in [0, 0.1) is 23.2 Å². The first-order chi connectivity index (χ1) is 12.0. The summed E-state index contributed by atoms with van der Waals surface area (Å²) in [5.41, 5.74) is 0.385. The first-order valence-electron chi connectivity index (χ1n) is 9.35. The molecule has 0 spiro atoms. The largest absolute Gasteiger partial charge is 0.359 e. The van der Waals surface area contributed by atoms with E-state index in [1.54, 1.807) is 17.4 Å². The molecule has 0 unspecified atom stereocenters. The van der Waals surface area contributed by atoms with Crippen LogP contribution < -0.4 is 10.6 Å². The minimum atomic E-state index is -0.163. The molecule has 1 atom stereocenters. The Bertz CT molecular complexity index is 645. The van der Waals surface area contributed by atoms with Crippen LogP contribution in [0.2, 0.25) is 0 Å². The molecule has 4 fully saturated rings. The van der Waals surface area contributed by atoms with E-state index in [0.717, 1.165) is 22.6 Å². The maximum Gasteiger partial charge on any atom is 0.250 e. The molecule has 0 aromatic carbocycles. The van der Waals surface area contributed by atoms with E-state index in [1.165, 1.54) is 38.5 Å². The molecule has 1 amide bonds. The molecule has 1 heterocycles. The first kappa shape index (κ1) is 17.2. The number of thiocarbonyl (C=S) groups is 1. The van der Waals surface area contributed by atoms with Gasteiger partial charge in [-0.2, -0.15) is 0 Å². The van der Waals surface area contributed by atoms with Crippen LogP contribution in [0.15, 0.2) is 23.6 Å². The van der Waals surface area contributed by atoms with Gasteiger partial charge in [0.1, 0.15) is 0 Å². The molecule has 0 radical (unpaired) electrons. The van der Waals surface area contributed by atoms with Gasteiger partial charge in [0.15, 0.2) is 5.11 Å². The third kappa shape index (κ3) is 3.68. The van der Waals surface area contributed by atoms with Gasteiger partial charge in [0, 0.05) is 17.0 Å². The summed E-state index contributed by atoms with van der Waals surface area (Å²) in [7, 11) is 0. The average Bonchev–Trinajstić information content (AvgIpc) is 3.05. The molecule has 3 nitrogen and oxygen atoms in total. The van der Waals surface area contributed by atoms with E-state index >= 15 is 0 Å². The van der Waals surface area contributed by atoms with Crippen LogP contribution in [0.25, 0.3) is 6.08 Å². The lowest BCUT2D eigenvalue weighted by Gasteiger charge is -2.59. The number of hydrogen-bond acceptors (Lipinski definition) is 3. The highest BCUT2D eigenvalue weighted by atomic mass is 32.1. The quantitative estimate of drug-likeness (QED) is 0.608. The third-order valence-corrected chi connectivity index (χ3v) is 7.59. The Hall–Kier alpha value is -1.20. The summed E-state index contributed by atoms with van der Waals surface area (Å²) in [5, 5.41) is 8.69. The van der Waals surface area contributed by atoms with E-state index in [2.05, 4.69) is 17.6 Å². The summed E-state index contributed by atoms with van der Waals surface area (Å²) in [5.74, 6) is 2.61. The van der Waals surface area contributed by atoms with E-state index in [4.69, 9.17) is 12.2 Å². The average molecular weight is 375 g/mol. The Morgan fingerprint density at radius 1 is 1.28 bits per heavy atom. The molecule has 1 aromatic heterocycles. The van der Waals surface area contributed by atoms with Crippen molar-refractivity contribution in [1.82, 2.24) is 10.6 Å². The van der Waals surface area contributed by atoms with Gasteiger partial charge in [-0.15, -0.1) is 11.3 Å². The Labute approximate surface area is 159 Å². The van der Waals surface area contributed by atoms with E-state index in [0.29, 0.717) is 16.6 Å². The number of nitrogens with one attached hydrogen (secondary N) is 2. The van der Waals surface area contributed by atoms with Crippen molar-refractivity contribution < 1.29 is 4.79 Å². The van der Waals surface area contributed by atoms with Gasteiger partial charge in [-0.1, -0.05) is 6.07 Å². The van der Waals surface area contributed by atoms with Crippen molar-refractivity contribution in [2.24, 2.45) is 23.2 Å². The highest BCUT2D eigenvalue weighted by Crippen LogP contribution is 2.61. The Morgan fingerprint density at radius 3 is 2.48 bits per heavy atom. The molecular formula is C20H26N2OS2. The van der Waals surface area contributed by atoms with Crippen molar-refractivity contribution in [3.05, 3.63) is 28.5 Å². The summed E-state index contributed by atoms with van der Waals surface area (Å²) in [6, 6.07) is 4.29. The summed E-state index contributed by atoms with van der Waals surface area (Å²) in [6.07, 6.45) is 11.7. The highest BCUT2D eigenvalue weighted by Gasteiger charge is 2.53. The molecule has 4 aliphatic rings. The van der Waals surface area contributed by atoms with Gasteiger partial charge in [-0.25, -0.2) is 0 Å². The predicted molar refractivity (Wildman–Crippen MR) is 107 cm³/mol. The zero-order chi connectivity index (χ0) is 17.4. The van der Waals surface area contributed by atoms with Crippen molar-refractivity contribution >= 4 is 40.7 Å². The molecule has 4 aliphatic carbocycles. The van der Waals surface area contributed by atoms with Crippen LogP contribution in [0.3, 0.4) is 0 Å². The van der Waals surface area contributed by atoms with Crippen LogP contribution in [-0.4, -0.2) is 17.1 Å². The zero-order valence-corrected chi connectivity index (χ0v) is 16.3. The number of amides is 1. The van der Waals surface area contributed by atoms with Crippen molar-refractivity contribution in [3.63, 3.8) is 0 Å². The maximum atomic E-state index is 12.1. The third-order valence-electron chi connectivity index (χ3n) is 6.53. The zero-order valence-electron chi connectivity index (χ0n) is 14.7. The molecule has 0 aliphatic heterocycles. The van der Waals surface area contributed by atoms with Gasteiger partial charge in [0.05, 0.1) is 0 Å². The molecule has 134 valence electrons. The molecular weight excluding hydrogens is 348 g/mol. The van der Waals surface area contributed by atoms with E-state index < -0.39 is 0 Å². The number of rotatable bonds is 4. The van der Waals surface area contributed by atoms with Crippen LogP contribution in [-0.2, 0) is 4.79 Å². The van der Waals surface area contributed by atoms with E-state index in [1.807, 2.05) is 23.6 Å². The summed E-state index contributed by atoms with van der Waals surface area (Å²) < 4.78 is 0. The van der Waals surface area contributed by atoms with Gasteiger partial charge in [-0.3, -0.25) is 10.1 Å². The summed E-state index contributed by atoms with van der Waals surface area (Å²) >= 11 is 7.01. The minimum absolute atomic E-state index is 0.163. The van der Waals surface area contributed by atoms with Crippen molar-refractivity contribution in [3.8, 4) is 0 Å². The minimum Gasteiger partial charge on any atom is -0.359 e. The maximum absolute atomic E-state index is 12.1. The fraction of sp³-hybridized carbons (Fsp3) is 0.600. The molecule has 5 heteroatoms. The number of carbonyl (C=O) groups excluding carboxylic acids is 1. The Balaban J connectivity index is 1.32. The Kier molecular flexibility index (Phi) is 4.71. The number of thiophene rings is 1. The van der Waals surface area contributed by atoms with Gasteiger partial charge >= 0.3 is 0 Å². The van der Waals surface area contributed by atoms with Crippen LogP contribution in [0.4, 0.5) is 0 Å². The monoisotopic (exact) mass is 374 g/mol. The fourth-order valence-corrected chi connectivity index (χ4v) is 6.69. The lowest BCUT2D eigenvalue weighted by molar-refractivity contribution is -0.115. The molecule has 5 rings (SSSR count). The van der Waals surface area contributed by atoms with E-state index in [-0.39, 0.29) is 5.91 Å². The second-order valence-corrected chi connectivity index (χ2v) is 9.70. The van der Waals surface area contributed by atoms with Crippen molar-refractivity contribution in [2.75, 3.05) is 0 Å². The normalized spacial score (nSPS) is 34.2. The topological polar surface area (TPSA) is 41.1 Å². The van der Waals surface area contributed by atoms with Crippen molar-refractivity contribution in [2.45, 2.75) is 51.5 Å². The standard InChI is InChI=1S/C20H26N2OS2/c1-13(20-10-14-7-15(11-20)9-16(8-14)12-20)21-19(24)22-18(23)5-4-17-3-2-6-25-17/h2-6,13-16H,7-12H2,1H3,(H2,21,22,23,24)/b5-4+/t13-,14?,15?,16?,20?/m1/s1. The summed E-state index contributed by atoms with van der Waals surface area (Å²) in [6.45, 7) is 2.26. The molecule has 1 aromatic rings. The predicted octanol–water partition coefficient (Wildman–Crippen LogP) is 4.36. The summed E-state index contributed by atoms with van der Waals surface area (Å²) in [4.78, 5) is 13.1. The molecule has 0 saturated heterocycles. The van der Waals surface area contributed by atoms with Gasteiger partial charge in [0.2, 0.25) is 5.91 Å².